The molecule has 2 N–H and O–H groups in total. The van der Waals surface area contributed by atoms with Crippen LogP contribution in [0.4, 0.5) is 14.5 Å². The second-order valence-electron chi connectivity index (χ2n) is 3.00. The Kier molecular flexibility index (Phi) is 3.00. The Labute approximate surface area is 85.1 Å². The summed E-state index contributed by atoms with van der Waals surface area (Å²) >= 11 is 0. The molecule has 0 aliphatic heterocycles. The third-order valence-electron chi connectivity index (χ3n) is 1.96. The monoisotopic (exact) mass is 210 g/mol. The van der Waals surface area contributed by atoms with Gasteiger partial charge in [-0.15, -0.1) is 0 Å². The van der Waals surface area contributed by atoms with Crippen LogP contribution in [-0.4, -0.2) is 5.78 Å². The van der Waals surface area contributed by atoms with Crippen molar-refractivity contribution in [1.82, 2.24) is 0 Å². The number of hydrogen-bond acceptors (Lipinski definition) is 3. The Morgan fingerprint density at radius 1 is 1.53 bits per heavy atom. The summed E-state index contributed by atoms with van der Waals surface area (Å²) in [6.45, 7) is 1.23. The molecule has 1 aromatic carbocycles. The standard InChI is InChI=1S/C10H8F2N2O/c1-5(15)7-3-8(10(11)12)6(4-13)2-9(7)14/h2-3,10H,14H2,1H3. The summed E-state index contributed by atoms with van der Waals surface area (Å²) in [7, 11) is 0. The average molecular weight is 210 g/mol. The number of anilines is 1. The highest BCUT2D eigenvalue weighted by Gasteiger charge is 2.17. The quantitative estimate of drug-likeness (QED) is 0.601. The molecule has 1 rings (SSSR count). The molecule has 1 aromatic rings. The van der Waals surface area contributed by atoms with E-state index in [1.165, 1.54) is 6.92 Å². The number of halogens is 2. The Hall–Kier alpha value is -1.96. The van der Waals surface area contributed by atoms with E-state index in [1.807, 2.05) is 0 Å². The number of carbonyl (C=O) groups is 1. The molecule has 15 heavy (non-hydrogen) atoms. The van der Waals surface area contributed by atoms with Gasteiger partial charge in [0.1, 0.15) is 0 Å². The van der Waals surface area contributed by atoms with Crippen LogP contribution in [0, 0.1) is 11.3 Å². The molecule has 0 bridgehead atoms. The number of ketones is 1. The molecule has 0 atom stereocenters. The van der Waals surface area contributed by atoms with Crippen LogP contribution in [0.2, 0.25) is 0 Å². The molecule has 0 saturated heterocycles. The Balaban J connectivity index is 3.45. The van der Waals surface area contributed by atoms with E-state index >= 15 is 0 Å². The summed E-state index contributed by atoms with van der Waals surface area (Å²) in [6.07, 6.45) is -2.79. The van der Waals surface area contributed by atoms with Crippen molar-refractivity contribution in [1.29, 1.82) is 5.26 Å². The van der Waals surface area contributed by atoms with Crippen molar-refractivity contribution in [3.8, 4) is 6.07 Å². The average Bonchev–Trinajstić information content (AvgIpc) is 2.16. The first-order valence-electron chi connectivity index (χ1n) is 4.10. The van der Waals surface area contributed by atoms with E-state index in [-0.39, 0.29) is 16.8 Å². The van der Waals surface area contributed by atoms with Gasteiger partial charge in [0.15, 0.2) is 5.78 Å². The molecule has 5 heteroatoms. The topological polar surface area (TPSA) is 66.9 Å². The first-order chi connectivity index (χ1) is 6.97. The van der Waals surface area contributed by atoms with E-state index in [9.17, 15) is 13.6 Å². The highest BCUT2D eigenvalue weighted by atomic mass is 19.3. The molecule has 3 nitrogen and oxygen atoms in total. The second-order valence-corrected chi connectivity index (χ2v) is 3.00. The molecular weight excluding hydrogens is 202 g/mol. The summed E-state index contributed by atoms with van der Waals surface area (Å²) in [5.41, 5.74) is 4.85. The molecule has 0 aliphatic carbocycles. The maximum absolute atomic E-state index is 12.5. The summed E-state index contributed by atoms with van der Waals surface area (Å²) in [4.78, 5) is 11.0. The van der Waals surface area contributed by atoms with Crippen LogP contribution in [0.5, 0.6) is 0 Å². The zero-order chi connectivity index (χ0) is 11.6. The maximum atomic E-state index is 12.5. The first-order valence-corrected chi connectivity index (χ1v) is 4.10. The lowest BCUT2D eigenvalue weighted by molar-refractivity contribution is 0.101. The van der Waals surface area contributed by atoms with Crippen molar-refractivity contribution in [2.24, 2.45) is 0 Å². The number of nitrogens with two attached hydrogens (primary N) is 1. The minimum atomic E-state index is -2.79. The largest absolute Gasteiger partial charge is 0.398 e. The number of carbonyl (C=O) groups excluding carboxylic acids is 1. The van der Waals surface area contributed by atoms with Crippen molar-refractivity contribution >= 4 is 11.5 Å². The number of benzene rings is 1. The van der Waals surface area contributed by atoms with Crippen LogP contribution < -0.4 is 5.73 Å². The van der Waals surface area contributed by atoms with Gasteiger partial charge in [-0.1, -0.05) is 0 Å². The minimum Gasteiger partial charge on any atom is -0.398 e. The number of nitriles is 1. The van der Waals surface area contributed by atoms with Gasteiger partial charge in [0.2, 0.25) is 0 Å². The minimum absolute atomic E-state index is 0.0179. The molecule has 0 saturated carbocycles. The molecule has 0 heterocycles. The van der Waals surface area contributed by atoms with E-state index in [0.29, 0.717) is 0 Å². The van der Waals surface area contributed by atoms with Gasteiger partial charge in [0.25, 0.3) is 6.43 Å². The highest BCUT2D eigenvalue weighted by Crippen LogP contribution is 2.27. The van der Waals surface area contributed by atoms with Crippen LogP contribution in [-0.2, 0) is 0 Å². The maximum Gasteiger partial charge on any atom is 0.265 e. The summed E-state index contributed by atoms with van der Waals surface area (Å²) < 4.78 is 25.0. The Morgan fingerprint density at radius 3 is 2.53 bits per heavy atom. The molecule has 0 fully saturated rings. The smallest absolute Gasteiger partial charge is 0.265 e. The van der Waals surface area contributed by atoms with E-state index in [2.05, 4.69) is 0 Å². The SMILES string of the molecule is CC(=O)c1cc(C(F)F)c(C#N)cc1N. The van der Waals surface area contributed by atoms with Crippen LogP contribution in [0.3, 0.4) is 0 Å². The zero-order valence-corrected chi connectivity index (χ0v) is 7.92. The van der Waals surface area contributed by atoms with Gasteiger partial charge in [-0.25, -0.2) is 8.78 Å². The van der Waals surface area contributed by atoms with Gasteiger partial charge in [-0.05, 0) is 19.1 Å². The number of nitrogens with zero attached hydrogens (tertiary/aromatic N) is 1. The third kappa shape index (κ3) is 2.10. The molecule has 0 radical (unpaired) electrons. The van der Waals surface area contributed by atoms with E-state index in [0.717, 1.165) is 12.1 Å². The molecule has 0 amide bonds. The van der Waals surface area contributed by atoms with Crippen molar-refractivity contribution in [2.75, 3.05) is 5.73 Å². The predicted octanol–water partition coefficient (Wildman–Crippen LogP) is 2.28. The fourth-order valence-corrected chi connectivity index (χ4v) is 1.22. The fourth-order valence-electron chi connectivity index (χ4n) is 1.22. The van der Waals surface area contributed by atoms with Crippen LogP contribution in [0.15, 0.2) is 12.1 Å². The molecule has 0 aliphatic rings. The fraction of sp³-hybridized carbons (Fsp3) is 0.200. The van der Waals surface area contributed by atoms with Gasteiger partial charge >= 0.3 is 0 Å². The second kappa shape index (κ2) is 4.05. The molecule has 78 valence electrons. The lowest BCUT2D eigenvalue weighted by Gasteiger charge is -2.07. The lowest BCUT2D eigenvalue weighted by atomic mass is 10.0. The van der Waals surface area contributed by atoms with Crippen molar-refractivity contribution in [3.63, 3.8) is 0 Å². The van der Waals surface area contributed by atoms with E-state index in [4.69, 9.17) is 11.0 Å². The number of Topliss-reactive ketones (excluding diaryl/α,β-unsaturated/α-hetero) is 1. The number of hydrogen-bond donors (Lipinski definition) is 1. The summed E-state index contributed by atoms with van der Waals surface area (Å²) in [5.74, 6) is -0.404. The Bertz CT molecular complexity index is 449. The van der Waals surface area contributed by atoms with Crippen molar-refractivity contribution < 1.29 is 13.6 Å². The zero-order valence-electron chi connectivity index (χ0n) is 7.92. The number of alkyl halides is 2. The number of rotatable bonds is 2. The normalized spacial score (nSPS) is 10.1. The highest BCUT2D eigenvalue weighted by molar-refractivity contribution is 5.99. The van der Waals surface area contributed by atoms with E-state index in [1.54, 1.807) is 6.07 Å². The number of nitrogen functional groups attached to an aromatic ring is 1. The molecular formula is C10H8F2N2O. The summed E-state index contributed by atoms with van der Waals surface area (Å²) in [6, 6.07) is 3.68. The van der Waals surface area contributed by atoms with Gasteiger partial charge in [-0.2, -0.15) is 5.26 Å². The van der Waals surface area contributed by atoms with E-state index < -0.39 is 17.8 Å². The first kappa shape index (κ1) is 11.1. The van der Waals surface area contributed by atoms with Crippen LogP contribution >= 0.6 is 0 Å². The Morgan fingerprint density at radius 2 is 2.13 bits per heavy atom. The van der Waals surface area contributed by atoms with Crippen molar-refractivity contribution in [3.05, 3.63) is 28.8 Å². The predicted molar refractivity (Wildman–Crippen MR) is 50.5 cm³/mol. The molecule has 0 aromatic heterocycles. The van der Waals surface area contributed by atoms with Crippen molar-refractivity contribution in [2.45, 2.75) is 13.3 Å². The lowest BCUT2D eigenvalue weighted by Crippen LogP contribution is -2.03. The van der Waals surface area contributed by atoms with Gasteiger partial charge in [0, 0.05) is 16.8 Å². The molecule has 0 unspecified atom stereocenters. The van der Waals surface area contributed by atoms with Gasteiger partial charge in [-0.3, -0.25) is 4.79 Å². The van der Waals surface area contributed by atoms with Crippen LogP contribution in [0.1, 0.15) is 34.8 Å². The van der Waals surface area contributed by atoms with Crippen LogP contribution in [0.25, 0.3) is 0 Å². The third-order valence-corrected chi connectivity index (χ3v) is 1.96. The summed E-state index contributed by atoms with van der Waals surface area (Å²) in [5, 5.41) is 8.60. The van der Waals surface area contributed by atoms with Gasteiger partial charge < -0.3 is 5.73 Å². The van der Waals surface area contributed by atoms with Gasteiger partial charge in [0.05, 0.1) is 11.6 Å². The molecule has 0 spiro atoms.